The van der Waals surface area contributed by atoms with E-state index in [1.54, 1.807) is 0 Å². The number of esters is 1. The zero-order valence-corrected chi connectivity index (χ0v) is 14.0. The van der Waals surface area contributed by atoms with E-state index in [4.69, 9.17) is 4.42 Å². The number of hydrogen-bond donors (Lipinski definition) is 1. The van der Waals surface area contributed by atoms with E-state index in [0.717, 1.165) is 0 Å². The Morgan fingerprint density at radius 2 is 2.04 bits per heavy atom. The summed E-state index contributed by atoms with van der Waals surface area (Å²) in [4.78, 5) is 26.7. The van der Waals surface area contributed by atoms with E-state index in [1.165, 1.54) is 55.3 Å². The molecule has 10 heteroatoms. The maximum absolute atomic E-state index is 12.5. The molecule has 0 saturated carbocycles. The topological polar surface area (TPSA) is 121 Å². The van der Waals surface area contributed by atoms with Gasteiger partial charge in [-0.2, -0.15) is 0 Å². The monoisotopic (exact) mass is 363 g/mol. The number of carbonyl (C=O) groups is 1. The quantitative estimate of drug-likeness (QED) is 0.689. The number of fused-ring (bicyclic) bond motifs is 1. The number of pyridine rings is 1. The number of sulfonamides is 1. The van der Waals surface area contributed by atoms with Crippen LogP contribution < -0.4 is 10.5 Å². The molecule has 0 aliphatic rings. The number of ether oxygens (including phenoxy) is 1. The van der Waals surface area contributed by atoms with Gasteiger partial charge < -0.3 is 9.15 Å². The van der Waals surface area contributed by atoms with Crippen molar-refractivity contribution < 1.29 is 22.4 Å². The molecule has 9 nitrogen and oxygen atoms in total. The molecule has 0 fully saturated rings. The molecule has 0 unspecified atom stereocenters. The number of oxazole rings is 1. The first kappa shape index (κ1) is 16.7. The normalized spacial score (nSPS) is 11.4. The van der Waals surface area contributed by atoms with E-state index in [-0.39, 0.29) is 21.9 Å². The molecule has 1 aromatic carbocycles. The molecule has 0 amide bonds. The van der Waals surface area contributed by atoms with Gasteiger partial charge >= 0.3 is 11.7 Å². The number of hydrogen-bond acceptors (Lipinski definition) is 7. The van der Waals surface area contributed by atoms with Crippen molar-refractivity contribution in [1.29, 1.82) is 0 Å². The average molecular weight is 363 g/mol. The maximum Gasteiger partial charge on any atom is 0.419 e. The number of carbonyl (C=O) groups excluding carboxylic acids is 1. The molecule has 0 radical (unpaired) electrons. The highest BCUT2D eigenvalue weighted by molar-refractivity contribution is 7.92. The van der Waals surface area contributed by atoms with Crippen LogP contribution in [-0.2, 0) is 21.8 Å². The second-order valence-corrected chi connectivity index (χ2v) is 6.77. The molecular weight excluding hydrogens is 350 g/mol. The van der Waals surface area contributed by atoms with Crippen LogP contribution in [0.5, 0.6) is 0 Å². The standard InChI is InChI=1S/C15H13N3O6S/c1-18-11-7-10(4-5-12(11)24-15(18)20)25(21,22)17-13-6-3-9(8-16-13)14(19)23-2/h3-8H,1-2H3,(H,16,17). The van der Waals surface area contributed by atoms with Crippen LogP contribution in [0.1, 0.15) is 10.4 Å². The predicted octanol–water partition coefficient (Wildman–Crippen LogP) is 1.11. The molecular formula is C15H13N3O6S. The van der Waals surface area contributed by atoms with E-state index in [9.17, 15) is 18.0 Å². The van der Waals surface area contributed by atoms with Gasteiger partial charge in [0.1, 0.15) is 5.82 Å². The fraction of sp³-hybridized carbons (Fsp3) is 0.133. The van der Waals surface area contributed by atoms with E-state index in [0.29, 0.717) is 5.52 Å². The van der Waals surface area contributed by atoms with E-state index < -0.39 is 21.7 Å². The summed E-state index contributed by atoms with van der Waals surface area (Å²) in [5.74, 6) is -1.13. The molecule has 130 valence electrons. The molecule has 1 N–H and O–H groups in total. The third-order valence-corrected chi connectivity index (χ3v) is 4.85. The van der Waals surface area contributed by atoms with Crippen LogP contribution in [0.15, 0.2) is 50.6 Å². The van der Waals surface area contributed by atoms with Gasteiger partial charge in [-0.05, 0) is 30.3 Å². The van der Waals surface area contributed by atoms with Gasteiger partial charge in [-0.15, -0.1) is 0 Å². The van der Waals surface area contributed by atoms with Gasteiger partial charge in [0.25, 0.3) is 10.0 Å². The maximum atomic E-state index is 12.5. The fourth-order valence-corrected chi connectivity index (χ4v) is 3.19. The Bertz CT molecular complexity index is 1110. The van der Waals surface area contributed by atoms with E-state index >= 15 is 0 Å². The SMILES string of the molecule is COC(=O)c1ccc(NS(=O)(=O)c2ccc3oc(=O)n(C)c3c2)nc1. The third-order valence-electron chi connectivity index (χ3n) is 3.50. The van der Waals surface area contributed by atoms with Gasteiger partial charge in [0.05, 0.1) is 23.1 Å². The summed E-state index contributed by atoms with van der Waals surface area (Å²) >= 11 is 0. The number of rotatable bonds is 4. The second-order valence-electron chi connectivity index (χ2n) is 5.09. The zero-order chi connectivity index (χ0) is 18.2. The van der Waals surface area contributed by atoms with Crippen molar-refractivity contribution in [2.75, 3.05) is 11.8 Å². The third kappa shape index (κ3) is 3.11. The lowest BCUT2D eigenvalue weighted by molar-refractivity contribution is 0.0600. The minimum Gasteiger partial charge on any atom is -0.465 e. The van der Waals surface area contributed by atoms with Crippen LogP contribution in [-0.4, -0.2) is 31.0 Å². The van der Waals surface area contributed by atoms with Crippen molar-refractivity contribution >= 4 is 32.9 Å². The van der Waals surface area contributed by atoms with Crippen LogP contribution in [0.4, 0.5) is 5.82 Å². The lowest BCUT2D eigenvalue weighted by Crippen LogP contribution is -2.14. The largest absolute Gasteiger partial charge is 0.465 e. The highest BCUT2D eigenvalue weighted by Gasteiger charge is 2.18. The summed E-state index contributed by atoms with van der Waals surface area (Å²) in [6.07, 6.45) is 1.20. The molecule has 0 aliphatic heterocycles. The molecule has 0 atom stereocenters. The van der Waals surface area contributed by atoms with Gasteiger partial charge in [-0.25, -0.2) is 23.0 Å². The van der Waals surface area contributed by atoms with Crippen molar-refractivity contribution in [2.24, 2.45) is 7.05 Å². The summed E-state index contributed by atoms with van der Waals surface area (Å²) in [5.41, 5.74) is 0.828. The molecule has 2 heterocycles. The van der Waals surface area contributed by atoms with Crippen molar-refractivity contribution in [2.45, 2.75) is 4.90 Å². The van der Waals surface area contributed by atoms with Crippen molar-refractivity contribution in [1.82, 2.24) is 9.55 Å². The average Bonchev–Trinajstić information content (AvgIpc) is 2.88. The Labute approximate surface area is 141 Å². The first-order valence-corrected chi connectivity index (χ1v) is 8.47. The van der Waals surface area contributed by atoms with Crippen LogP contribution in [0.2, 0.25) is 0 Å². The van der Waals surface area contributed by atoms with Crippen LogP contribution in [0.25, 0.3) is 11.1 Å². The Morgan fingerprint density at radius 1 is 1.28 bits per heavy atom. The Balaban J connectivity index is 1.92. The van der Waals surface area contributed by atoms with Gasteiger partial charge in [-0.3, -0.25) is 9.29 Å². The minimum absolute atomic E-state index is 0.0360. The fourth-order valence-electron chi connectivity index (χ4n) is 2.16. The van der Waals surface area contributed by atoms with Gasteiger partial charge in [0.15, 0.2) is 5.58 Å². The highest BCUT2D eigenvalue weighted by atomic mass is 32.2. The first-order valence-electron chi connectivity index (χ1n) is 6.98. The van der Waals surface area contributed by atoms with Crippen LogP contribution in [0.3, 0.4) is 0 Å². The van der Waals surface area contributed by atoms with Gasteiger partial charge in [0, 0.05) is 13.2 Å². The number of benzene rings is 1. The zero-order valence-electron chi connectivity index (χ0n) is 13.2. The van der Waals surface area contributed by atoms with Crippen molar-refractivity contribution in [3.05, 3.63) is 52.6 Å². The Morgan fingerprint density at radius 3 is 2.68 bits per heavy atom. The molecule has 0 saturated heterocycles. The number of aromatic nitrogens is 2. The smallest absolute Gasteiger partial charge is 0.419 e. The molecule has 0 spiro atoms. The lowest BCUT2D eigenvalue weighted by Gasteiger charge is -2.08. The number of nitrogens with one attached hydrogen (secondary N) is 1. The summed E-state index contributed by atoms with van der Waals surface area (Å²) < 4.78 is 38.0. The van der Waals surface area contributed by atoms with Crippen LogP contribution >= 0.6 is 0 Å². The molecule has 0 aliphatic carbocycles. The second kappa shape index (κ2) is 6.06. The Hall–Kier alpha value is -3.14. The molecule has 3 rings (SSSR count). The number of nitrogens with zero attached hydrogens (tertiary/aromatic N) is 2. The van der Waals surface area contributed by atoms with Crippen LogP contribution in [0, 0.1) is 0 Å². The summed E-state index contributed by atoms with van der Waals surface area (Å²) in [5, 5.41) is 0. The molecule has 3 aromatic rings. The number of aryl methyl sites for hydroxylation is 1. The first-order chi connectivity index (χ1) is 11.8. The lowest BCUT2D eigenvalue weighted by atomic mass is 10.3. The van der Waals surface area contributed by atoms with Gasteiger partial charge in [-0.1, -0.05) is 0 Å². The van der Waals surface area contributed by atoms with Crippen molar-refractivity contribution in [3.63, 3.8) is 0 Å². The molecule has 0 bridgehead atoms. The predicted molar refractivity (Wildman–Crippen MR) is 87.8 cm³/mol. The number of anilines is 1. The molecule has 25 heavy (non-hydrogen) atoms. The Kier molecular flexibility index (Phi) is 4.05. The minimum atomic E-state index is -3.94. The van der Waals surface area contributed by atoms with E-state index in [2.05, 4.69) is 14.4 Å². The summed E-state index contributed by atoms with van der Waals surface area (Å²) in [6.45, 7) is 0. The van der Waals surface area contributed by atoms with Gasteiger partial charge in [0.2, 0.25) is 0 Å². The molecule has 2 aromatic heterocycles. The summed E-state index contributed by atoms with van der Waals surface area (Å²) in [7, 11) is -1.23. The number of methoxy groups -OCH3 is 1. The van der Waals surface area contributed by atoms with Crippen molar-refractivity contribution in [3.8, 4) is 0 Å². The summed E-state index contributed by atoms with van der Waals surface area (Å²) in [6, 6.07) is 6.77. The highest BCUT2D eigenvalue weighted by Crippen LogP contribution is 2.20. The van der Waals surface area contributed by atoms with E-state index in [1.807, 2.05) is 0 Å².